The molecule has 158 valence electrons. The first-order chi connectivity index (χ1) is 14.0. The molecular weight excluding hydrogens is 380 g/mol. The van der Waals surface area contributed by atoms with Crippen molar-refractivity contribution in [3.63, 3.8) is 0 Å². The van der Waals surface area contributed by atoms with Gasteiger partial charge in [0.15, 0.2) is 14.7 Å². The van der Waals surface area contributed by atoms with Crippen LogP contribution < -0.4 is 0 Å². The fourth-order valence-corrected chi connectivity index (χ4v) is 7.23. The molecule has 0 fully saturated rings. The van der Waals surface area contributed by atoms with Gasteiger partial charge in [-0.15, -0.1) is 0 Å². The van der Waals surface area contributed by atoms with E-state index in [0.717, 1.165) is 0 Å². The molecule has 0 nitrogen and oxygen atoms in total. The lowest BCUT2D eigenvalue weighted by Gasteiger charge is -2.25. The summed E-state index contributed by atoms with van der Waals surface area (Å²) in [4.78, 5) is 4.37. The molecule has 3 aromatic carbocycles. The molecule has 3 rings (SSSR count). The van der Waals surface area contributed by atoms with E-state index in [0.29, 0.717) is 0 Å². The average Bonchev–Trinajstić information content (AvgIpc) is 2.70. The molecule has 0 radical (unpaired) electrons. The summed E-state index contributed by atoms with van der Waals surface area (Å²) in [7, 11) is -0.124. The number of rotatable bonds is 3. The lowest BCUT2D eigenvalue weighted by molar-refractivity contribution is 0.584. The van der Waals surface area contributed by atoms with Gasteiger partial charge in [-0.1, -0.05) is 45.0 Å². The van der Waals surface area contributed by atoms with Gasteiger partial charge in [0, 0.05) is 16.7 Å². The summed E-state index contributed by atoms with van der Waals surface area (Å²) in [6, 6.07) is 15.9. The highest BCUT2D eigenvalue weighted by atomic mass is 32.2. The molecule has 0 aliphatic carbocycles. The monoisotopic (exact) mass is 417 g/mol. The van der Waals surface area contributed by atoms with Gasteiger partial charge in [-0.25, -0.2) is 0 Å². The zero-order chi connectivity index (χ0) is 22.4. The summed E-state index contributed by atoms with van der Waals surface area (Å²) in [6.07, 6.45) is 0. The Balaban J connectivity index is 2.38. The summed E-state index contributed by atoms with van der Waals surface area (Å²) < 4.78 is 0. The second-order valence-corrected chi connectivity index (χ2v) is 11.6. The number of hydrogen-bond donors (Lipinski definition) is 0. The first-order valence-electron chi connectivity index (χ1n) is 10.9. The van der Waals surface area contributed by atoms with E-state index in [4.69, 9.17) is 0 Å². The Morgan fingerprint density at radius 1 is 0.533 bits per heavy atom. The predicted octanol–water partition coefficient (Wildman–Crippen LogP) is 8.24. The molecule has 1 atom stereocenters. The SMILES string of the molecule is Cc1c([S+](c2ccccc2)c2c(C)c(C)c(C)c(C)c2C)ccc(C(C)(C)C)c1C. The molecule has 0 amide bonds. The fourth-order valence-electron chi connectivity index (χ4n) is 4.51. The van der Waals surface area contributed by atoms with Crippen LogP contribution in [0.2, 0.25) is 0 Å². The highest BCUT2D eigenvalue weighted by Crippen LogP contribution is 2.41. The third-order valence-corrected chi connectivity index (χ3v) is 9.53. The summed E-state index contributed by atoms with van der Waals surface area (Å²) in [5.41, 5.74) is 11.7. The van der Waals surface area contributed by atoms with Crippen molar-refractivity contribution in [3.8, 4) is 0 Å². The minimum absolute atomic E-state index is 0.124. The molecule has 0 saturated carbocycles. The van der Waals surface area contributed by atoms with E-state index in [-0.39, 0.29) is 16.3 Å². The van der Waals surface area contributed by atoms with Crippen LogP contribution in [0, 0.1) is 48.5 Å². The van der Waals surface area contributed by atoms with Crippen LogP contribution in [0.25, 0.3) is 0 Å². The van der Waals surface area contributed by atoms with Gasteiger partial charge < -0.3 is 0 Å². The van der Waals surface area contributed by atoms with Crippen molar-refractivity contribution in [3.05, 3.63) is 87.0 Å². The first-order valence-corrected chi connectivity index (χ1v) is 12.2. The van der Waals surface area contributed by atoms with E-state index in [1.807, 2.05) is 0 Å². The molecule has 0 aromatic heterocycles. The smallest absolute Gasteiger partial charge is 0.0619 e. The van der Waals surface area contributed by atoms with Gasteiger partial charge in [0.25, 0.3) is 0 Å². The van der Waals surface area contributed by atoms with Crippen molar-refractivity contribution in [2.45, 2.75) is 89.3 Å². The van der Waals surface area contributed by atoms with Crippen molar-refractivity contribution < 1.29 is 0 Å². The maximum absolute atomic E-state index is 2.41. The summed E-state index contributed by atoms with van der Waals surface area (Å²) in [5, 5.41) is 0. The summed E-state index contributed by atoms with van der Waals surface area (Å²) >= 11 is 0. The lowest BCUT2D eigenvalue weighted by atomic mass is 9.83. The Morgan fingerprint density at radius 2 is 1.03 bits per heavy atom. The Labute approximate surface area is 187 Å². The standard InChI is InChI=1S/C29H37S/c1-18-19(2)23(6)28(24(7)20(18)3)30(25-14-12-11-13-15-25)27-17-16-26(29(8,9)10)21(4)22(27)5/h11-17H,1-10H3/q+1. The number of hydrogen-bond acceptors (Lipinski definition) is 0. The minimum Gasteiger partial charge on any atom is -0.0619 e. The van der Waals surface area contributed by atoms with E-state index >= 15 is 0 Å². The van der Waals surface area contributed by atoms with Crippen molar-refractivity contribution in [2.75, 3.05) is 0 Å². The highest BCUT2D eigenvalue weighted by molar-refractivity contribution is 7.97. The van der Waals surface area contributed by atoms with Gasteiger partial charge in [-0.3, -0.25) is 0 Å². The lowest BCUT2D eigenvalue weighted by Crippen LogP contribution is -2.17. The van der Waals surface area contributed by atoms with E-state index in [9.17, 15) is 0 Å². The van der Waals surface area contributed by atoms with Crippen LogP contribution in [0.1, 0.15) is 65.3 Å². The quantitative estimate of drug-likeness (QED) is 0.376. The van der Waals surface area contributed by atoms with E-state index in [1.165, 1.54) is 59.2 Å². The second-order valence-electron chi connectivity index (χ2n) is 9.68. The molecule has 0 spiro atoms. The summed E-state index contributed by atoms with van der Waals surface area (Å²) in [6.45, 7) is 23.0. The largest absolute Gasteiger partial charge is 0.172 e. The van der Waals surface area contributed by atoms with Gasteiger partial charge in [-0.2, -0.15) is 0 Å². The van der Waals surface area contributed by atoms with Crippen molar-refractivity contribution in [1.29, 1.82) is 0 Å². The van der Waals surface area contributed by atoms with Gasteiger partial charge in [-0.05, 0) is 99.9 Å². The van der Waals surface area contributed by atoms with E-state index in [2.05, 4.69) is 112 Å². The van der Waals surface area contributed by atoms with Gasteiger partial charge in [0.05, 0.1) is 0 Å². The maximum Gasteiger partial charge on any atom is 0.172 e. The van der Waals surface area contributed by atoms with Crippen LogP contribution in [-0.4, -0.2) is 0 Å². The van der Waals surface area contributed by atoms with Gasteiger partial charge >= 0.3 is 0 Å². The molecule has 0 heterocycles. The topological polar surface area (TPSA) is 0 Å². The first kappa shape index (κ1) is 22.7. The molecule has 0 aliphatic rings. The Kier molecular flexibility index (Phi) is 6.25. The molecular formula is C29H37S+. The van der Waals surface area contributed by atoms with Crippen LogP contribution in [-0.2, 0) is 16.3 Å². The van der Waals surface area contributed by atoms with Crippen LogP contribution in [0.15, 0.2) is 57.2 Å². The zero-order valence-corrected chi connectivity index (χ0v) is 21.3. The fraction of sp³-hybridized carbons (Fsp3) is 0.379. The molecule has 1 heteroatoms. The van der Waals surface area contributed by atoms with Crippen LogP contribution in [0.5, 0.6) is 0 Å². The third-order valence-electron chi connectivity index (χ3n) is 6.88. The van der Waals surface area contributed by atoms with Gasteiger partial charge in [0.1, 0.15) is 10.9 Å². The number of benzene rings is 3. The molecule has 1 unspecified atom stereocenters. The molecule has 30 heavy (non-hydrogen) atoms. The van der Waals surface area contributed by atoms with Crippen LogP contribution in [0.3, 0.4) is 0 Å². The molecule has 0 N–H and O–H groups in total. The molecule has 0 bridgehead atoms. The maximum atomic E-state index is 2.41. The zero-order valence-electron chi connectivity index (χ0n) is 20.4. The van der Waals surface area contributed by atoms with E-state index < -0.39 is 0 Å². The predicted molar refractivity (Wildman–Crippen MR) is 133 cm³/mol. The normalized spacial score (nSPS) is 12.9. The van der Waals surface area contributed by atoms with Crippen molar-refractivity contribution in [1.82, 2.24) is 0 Å². The Morgan fingerprint density at radius 3 is 1.53 bits per heavy atom. The van der Waals surface area contributed by atoms with Crippen molar-refractivity contribution >= 4 is 10.9 Å². The molecule has 0 saturated heterocycles. The highest BCUT2D eigenvalue weighted by Gasteiger charge is 2.36. The Hall–Kier alpha value is -1.99. The molecule has 0 aliphatic heterocycles. The summed E-state index contributed by atoms with van der Waals surface area (Å²) in [5.74, 6) is 0. The van der Waals surface area contributed by atoms with Gasteiger partial charge in [0.2, 0.25) is 0 Å². The molecule has 3 aromatic rings. The Bertz CT molecular complexity index is 1050. The third kappa shape index (κ3) is 3.85. The van der Waals surface area contributed by atoms with Crippen LogP contribution in [0.4, 0.5) is 0 Å². The van der Waals surface area contributed by atoms with Crippen LogP contribution >= 0.6 is 0 Å². The van der Waals surface area contributed by atoms with E-state index in [1.54, 1.807) is 0 Å². The minimum atomic E-state index is -0.124. The average molecular weight is 418 g/mol. The second kappa shape index (κ2) is 8.27. The van der Waals surface area contributed by atoms with Crippen molar-refractivity contribution in [2.24, 2.45) is 0 Å².